The first-order valence-electron chi connectivity index (χ1n) is 18.8. The van der Waals surface area contributed by atoms with Gasteiger partial charge < -0.3 is 24.8 Å². The Morgan fingerprint density at radius 1 is 0.846 bits per heavy atom. The summed E-state index contributed by atoms with van der Waals surface area (Å²) in [5, 5.41) is 3.11. The SMILES string of the molecule is C[C@@H](NC(=O)C(CC(=O)N1CCC(N2CCCCC2)CC1)N1C(=O)C(N2C(=O)OC[C@@H]2c2ccccc2)C1C=Cc1ccccc1)c1ccccc1. The van der Waals surface area contributed by atoms with Gasteiger partial charge in [-0.05, 0) is 62.4 Å². The summed E-state index contributed by atoms with van der Waals surface area (Å²) >= 11 is 0. The van der Waals surface area contributed by atoms with E-state index in [1.165, 1.54) is 29.1 Å². The van der Waals surface area contributed by atoms with Crippen molar-refractivity contribution >= 4 is 29.9 Å². The van der Waals surface area contributed by atoms with Crippen LogP contribution in [0.4, 0.5) is 4.79 Å². The van der Waals surface area contributed by atoms with E-state index >= 15 is 0 Å². The van der Waals surface area contributed by atoms with Crippen LogP contribution in [0.3, 0.4) is 0 Å². The normalized spacial score (nSPS) is 24.0. The van der Waals surface area contributed by atoms with Crippen LogP contribution in [0.5, 0.6) is 0 Å². The molecule has 3 aromatic rings. The largest absolute Gasteiger partial charge is 0.447 e. The van der Waals surface area contributed by atoms with Gasteiger partial charge in [-0.1, -0.05) is 110 Å². The van der Waals surface area contributed by atoms with Crippen LogP contribution < -0.4 is 5.32 Å². The highest BCUT2D eigenvalue weighted by molar-refractivity contribution is 5.99. The Morgan fingerprint density at radius 3 is 2.15 bits per heavy atom. The van der Waals surface area contributed by atoms with Gasteiger partial charge in [-0.3, -0.25) is 19.3 Å². The Hall–Kier alpha value is -4.96. The molecule has 4 saturated heterocycles. The summed E-state index contributed by atoms with van der Waals surface area (Å²) in [6.45, 7) is 5.50. The molecule has 3 unspecified atom stereocenters. The Kier molecular flexibility index (Phi) is 11.0. The predicted octanol–water partition coefficient (Wildman–Crippen LogP) is 5.59. The molecule has 5 atom stereocenters. The van der Waals surface area contributed by atoms with E-state index in [4.69, 9.17) is 4.74 Å². The van der Waals surface area contributed by atoms with Crippen LogP contribution in [-0.2, 0) is 19.1 Å². The summed E-state index contributed by atoms with van der Waals surface area (Å²) in [4.78, 5) is 63.8. The van der Waals surface area contributed by atoms with E-state index < -0.39 is 36.2 Å². The van der Waals surface area contributed by atoms with Gasteiger partial charge >= 0.3 is 6.09 Å². The Bertz CT molecular complexity index is 1720. The molecule has 0 radical (unpaired) electrons. The zero-order chi connectivity index (χ0) is 36.0. The Morgan fingerprint density at radius 2 is 1.48 bits per heavy atom. The number of nitrogens with one attached hydrogen (secondary N) is 1. The van der Waals surface area contributed by atoms with Crippen LogP contribution in [0.15, 0.2) is 97.1 Å². The second kappa shape index (κ2) is 16.2. The highest BCUT2D eigenvalue weighted by Gasteiger charge is 2.58. The van der Waals surface area contributed by atoms with Crippen molar-refractivity contribution in [2.75, 3.05) is 32.8 Å². The molecule has 4 aliphatic heterocycles. The highest BCUT2D eigenvalue weighted by atomic mass is 16.6. The standard InChI is InChI=1S/C42H49N5O5/c1-30(32-16-8-3-9-17-32)43-40(49)36(28-38(48)45-26-22-34(23-27-45)44-24-12-5-13-25-44)46-35(21-20-31-14-6-2-7-15-31)39(41(46)50)47-37(29-52-42(47)51)33-18-10-4-11-19-33/h2-4,6-11,14-21,30,34-37,39H,5,12-13,22-29H2,1H3,(H,43,49)/t30-,35?,36?,37-,39?/m1/s1. The first-order valence-corrected chi connectivity index (χ1v) is 18.8. The minimum Gasteiger partial charge on any atom is -0.447 e. The Labute approximate surface area is 306 Å². The van der Waals surface area contributed by atoms with Crippen LogP contribution in [0.25, 0.3) is 6.08 Å². The third kappa shape index (κ3) is 7.62. The smallest absolute Gasteiger partial charge is 0.411 e. The van der Waals surface area contributed by atoms with Gasteiger partial charge in [0.2, 0.25) is 17.7 Å². The minimum atomic E-state index is -1.08. The molecule has 4 heterocycles. The third-order valence-electron chi connectivity index (χ3n) is 11.2. The third-order valence-corrected chi connectivity index (χ3v) is 11.2. The number of hydrogen-bond acceptors (Lipinski definition) is 6. The number of piperidine rings is 2. The van der Waals surface area contributed by atoms with Gasteiger partial charge in [-0.25, -0.2) is 4.79 Å². The molecule has 0 bridgehead atoms. The molecule has 0 aromatic heterocycles. The van der Waals surface area contributed by atoms with Gasteiger partial charge in [0.25, 0.3) is 0 Å². The molecule has 0 saturated carbocycles. The Balaban J connectivity index is 1.17. The fraction of sp³-hybridized carbons (Fsp3) is 0.429. The lowest BCUT2D eigenvalue weighted by molar-refractivity contribution is -0.164. The molecule has 4 amide bonds. The summed E-state index contributed by atoms with van der Waals surface area (Å²) < 4.78 is 5.54. The summed E-state index contributed by atoms with van der Waals surface area (Å²) in [5.41, 5.74) is 2.69. The molecule has 7 rings (SSSR count). The quantitative estimate of drug-likeness (QED) is 0.262. The molecule has 10 heteroatoms. The lowest BCUT2D eigenvalue weighted by Crippen LogP contribution is -2.74. The number of hydrogen-bond donors (Lipinski definition) is 1. The fourth-order valence-corrected chi connectivity index (χ4v) is 8.31. The molecule has 4 fully saturated rings. The number of rotatable bonds is 11. The van der Waals surface area contributed by atoms with Crippen molar-refractivity contribution in [3.63, 3.8) is 0 Å². The molecular weight excluding hydrogens is 654 g/mol. The van der Waals surface area contributed by atoms with E-state index in [1.54, 1.807) is 0 Å². The monoisotopic (exact) mass is 703 g/mol. The maximum atomic E-state index is 14.5. The number of amides is 4. The zero-order valence-electron chi connectivity index (χ0n) is 29.9. The van der Waals surface area contributed by atoms with Crippen molar-refractivity contribution in [2.45, 2.75) is 81.7 Å². The van der Waals surface area contributed by atoms with E-state index in [-0.39, 0.29) is 30.9 Å². The van der Waals surface area contributed by atoms with Crippen LogP contribution in [-0.4, -0.2) is 100 Å². The summed E-state index contributed by atoms with van der Waals surface area (Å²) in [6.07, 6.45) is 8.60. The topological polar surface area (TPSA) is 103 Å². The summed E-state index contributed by atoms with van der Waals surface area (Å²) in [7, 11) is 0. The minimum absolute atomic E-state index is 0.117. The first-order chi connectivity index (χ1) is 25.4. The average molecular weight is 704 g/mol. The zero-order valence-corrected chi connectivity index (χ0v) is 29.9. The van der Waals surface area contributed by atoms with Crippen LogP contribution in [0.1, 0.15) is 74.2 Å². The van der Waals surface area contributed by atoms with Crippen molar-refractivity contribution < 1.29 is 23.9 Å². The second-order valence-electron chi connectivity index (χ2n) is 14.4. The number of likely N-dealkylation sites (tertiary alicyclic amines) is 3. The number of carbonyl (C=O) groups excluding carboxylic acids is 4. The average Bonchev–Trinajstić information content (AvgIpc) is 3.57. The first kappa shape index (κ1) is 35.4. The maximum Gasteiger partial charge on any atom is 0.411 e. The number of carbonyl (C=O) groups is 4. The van der Waals surface area contributed by atoms with Crippen molar-refractivity contribution in [3.05, 3.63) is 114 Å². The van der Waals surface area contributed by atoms with E-state index in [0.29, 0.717) is 19.1 Å². The number of nitrogens with zero attached hydrogens (tertiary/aromatic N) is 4. The maximum absolute atomic E-state index is 14.5. The molecule has 3 aromatic carbocycles. The van der Waals surface area contributed by atoms with E-state index in [1.807, 2.05) is 115 Å². The van der Waals surface area contributed by atoms with E-state index in [0.717, 1.165) is 42.6 Å². The van der Waals surface area contributed by atoms with Crippen molar-refractivity contribution in [1.29, 1.82) is 0 Å². The van der Waals surface area contributed by atoms with Gasteiger partial charge in [0.15, 0.2) is 0 Å². The number of benzene rings is 3. The van der Waals surface area contributed by atoms with Gasteiger partial charge in [0.05, 0.1) is 24.5 Å². The van der Waals surface area contributed by atoms with Crippen molar-refractivity contribution in [1.82, 2.24) is 24.9 Å². The number of β-lactam (4-membered cyclic amide) rings is 1. The van der Waals surface area contributed by atoms with E-state index in [9.17, 15) is 19.2 Å². The lowest BCUT2D eigenvalue weighted by Gasteiger charge is -2.52. The molecule has 52 heavy (non-hydrogen) atoms. The van der Waals surface area contributed by atoms with Crippen molar-refractivity contribution in [3.8, 4) is 0 Å². The molecule has 10 nitrogen and oxygen atoms in total. The number of cyclic esters (lactones) is 1. The van der Waals surface area contributed by atoms with Gasteiger partial charge in [-0.15, -0.1) is 0 Å². The molecule has 0 aliphatic carbocycles. The molecule has 0 spiro atoms. The van der Waals surface area contributed by atoms with Gasteiger partial charge in [0, 0.05) is 19.1 Å². The summed E-state index contributed by atoms with van der Waals surface area (Å²) in [5.74, 6) is -0.928. The van der Waals surface area contributed by atoms with Crippen molar-refractivity contribution in [2.24, 2.45) is 0 Å². The van der Waals surface area contributed by atoms with Crippen LogP contribution in [0.2, 0.25) is 0 Å². The van der Waals surface area contributed by atoms with Crippen LogP contribution in [0, 0.1) is 0 Å². The highest BCUT2D eigenvalue weighted by Crippen LogP contribution is 2.39. The van der Waals surface area contributed by atoms with Gasteiger partial charge in [-0.2, -0.15) is 0 Å². The number of ether oxygens (including phenoxy) is 1. The molecule has 4 aliphatic rings. The van der Waals surface area contributed by atoms with Gasteiger partial charge in [0.1, 0.15) is 18.7 Å². The predicted molar refractivity (Wildman–Crippen MR) is 199 cm³/mol. The van der Waals surface area contributed by atoms with E-state index in [2.05, 4.69) is 10.2 Å². The second-order valence-corrected chi connectivity index (χ2v) is 14.4. The van der Waals surface area contributed by atoms with Crippen LogP contribution >= 0.6 is 0 Å². The summed E-state index contributed by atoms with van der Waals surface area (Å²) in [6, 6.07) is 25.9. The lowest BCUT2D eigenvalue weighted by atomic mass is 9.87. The fourth-order valence-electron chi connectivity index (χ4n) is 8.31. The molecular formula is C42H49N5O5. The molecule has 272 valence electrons. The molecule has 1 N–H and O–H groups in total.